The van der Waals surface area contributed by atoms with E-state index in [0.717, 1.165) is 30.5 Å². The van der Waals surface area contributed by atoms with E-state index in [-0.39, 0.29) is 22.3 Å². The number of benzene rings is 2. The lowest BCUT2D eigenvalue weighted by molar-refractivity contribution is -0.384. The van der Waals surface area contributed by atoms with E-state index in [1.165, 1.54) is 6.07 Å². The van der Waals surface area contributed by atoms with E-state index >= 15 is 0 Å². The standard InChI is InChI=1S/C19H19ClN2O5/c1-2-6-17(13-7-4-3-5-8-13)21-18(23)12-27-19(24)15-10-9-14(22(25)26)11-16(15)20/h3-5,7-11,17H,2,6,12H2,1H3,(H,21,23). The van der Waals surface area contributed by atoms with Gasteiger partial charge in [-0.1, -0.05) is 55.3 Å². The largest absolute Gasteiger partial charge is 0.452 e. The van der Waals surface area contributed by atoms with Gasteiger partial charge in [0.2, 0.25) is 0 Å². The number of rotatable bonds is 8. The number of nitro groups is 1. The van der Waals surface area contributed by atoms with Crippen LogP contribution in [0.25, 0.3) is 0 Å². The van der Waals surface area contributed by atoms with Gasteiger partial charge in [0, 0.05) is 12.1 Å². The zero-order chi connectivity index (χ0) is 19.8. The van der Waals surface area contributed by atoms with Crippen LogP contribution in [0.2, 0.25) is 5.02 Å². The molecule has 0 spiro atoms. The second-order valence-electron chi connectivity index (χ2n) is 5.82. The smallest absolute Gasteiger partial charge is 0.340 e. The second kappa shape index (κ2) is 9.68. The SMILES string of the molecule is CCCC(NC(=O)COC(=O)c1ccc([N+](=O)[O-])cc1Cl)c1ccccc1. The molecule has 2 aromatic rings. The summed E-state index contributed by atoms with van der Waals surface area (Å²) in [5.74, 6) is -1.26. The van der Waals surface area contributed by atoms with Crippen molar-refractivity contribution < 1.29 is 19.2 Å². The van der Waals surface area contributed by atoms with Crippen LogP contribution >= 0.6 is 11.6 Å². The molecule has 0 bridgehead atoms. The third kappa shape index (κ3) is 5.79. The fourth-order valence-corrected chi connectivity index (χ4v) is 2.78. The van der Waals surface area contributed by atoms with Crippen LogP contribution < -0.4 is 5.32 Å². The Bertz CT molecular complexity index is 826. The minimum atomic E-state index is -0.822. The Labute approximate surface area is 161 Å². The normalized spacial score (nSPS) is 11.5. The number of hydrogen-bond acceptors (Lipinski definition) is 5. The van der Waals surface area contributed by atoms with Crippen molar-refractivity contribution in [2.75, 3.05) is 6.61 Å². The monoisotopic (exact) mass is 390 g/mol. The highest BCUT2D eigenvalue weighted by Crippen LogP contribution is 2.23. The molecule has 0 aromatic heterocycles. The second-order valence-corrected chi connectivity index (χ2v) is 6.22. The molecule has 0 radical (unpaired) electrons. The van der Waals surface area contributed by atoms with Crippen LogP contribution in [-0.4, -0.2) is 23.4 Å². The molecular weight excluding hydrogens is 372 g/mol. The van der Waals surface area contributed by atoms with Gasteiger partial charge in [-0.05, 0) is 18.1 Å². The first-order chi connectivity index (χ1) is 12.9. The highest BCUT2D eigenvalue weighted by atomic mass is 35.5. The van der Waals surface area contributed by atoms with E-state index in [1.807, 2.05) is 37.3 Å². The number of hydrogen-bond donors (Lipinski definition) is 1. The summed E-state index contributed by atoms with van der Waals surface area (Å²) < 4.78 is 4.98. The topological polar surface area (TPSA) is 98.5 Å². The summed E-state index contributed by atoms with van der Waals surface area (Å²) in [6.45, 7) is 1.54. The van der Waals surface area contributed by atoms with E-state index < -0.39 is 23.4 Å². The van der Waals surface area contributed by atoms with Crippen LogP contribution in [0, 0.1) is 10.1 Å². The van der Waals surface area contributed by atoms with Gasteiger partial charge in [-0.25, -0.2) is 4.79 Å². The summed E-state index contributed by atoms with van der Waals surface area (Å²) in [4.78, 5) is 34.3. The van der Waals surface area contributed by atoms with Gasteiger partial charge in [-0.3, -0.25) is 14.9 Å². The molecule has 1 amide bonds. The summed E-state index contributed by atoms with van der Waals surface area (Å²) in [7, 11) is 0. The lowest BCUT2D eigenvalue weighted by atomic mass is 10.0. The zero-order valence-electron chi connectivity index (χ0n) is 14.7. The van der Waals surface area contributed by atoms with Crippen LogP contribution in [0.15, 0.2) is 48.5 Å². The molecule has 0 saturated heterocycles. The first-order valence-corrected chi connectivity index (χ1v) is 8.75. The number of nitrogens with zero attached hydrogens (tertiary/aromatic N) is 1. The van der Waals surface area contributed by atoms with E-state index in [2.05, 4.69) is 5.32 Å². The van der Waals surface area contributed by atoms with Gasteiger partial charge in [-0.2, -0.15) is 0 Å². The fourth-order valence-electron chi connectivity index (χ4n) is 2.52. The summed E-state index contributed by atoms with van der Waals surface area (Å²) >= 11 is 5.88. The van der Waals surface area contributed by atoms with Gasteiger partial charge >= 0.3 is 5.97 Å². The maximum Gasteiger partial charge on any atom is 0.340 e. The molecule has 27 heavy (non-hydrogen) atoms. The van der Waals surface area contributed by atoms with Crippen molar-refractivity contribution in [3.8, 4) is 0 Å². The highest BCUT2D eigenvalue weighted by Gasteiger charge is 2.19. The number of ether oxygens (including phenoxy) is 1. The van der Waals surface area contributed by atoms with Crippen molar-refractivity contribution in [1.82, 2.24) is 5.32 Å². The lowest BCUT2D eigenvalue weighted by Crippen LogP contribution is -2.32. The Hall–Kier alpha value is -2.93. The van der Waals surface area contributed by atoms with Crippen molar-refractivity contribution in [1.29, 1.82) is 0 Å². The van der Waals surface area contributed by atoms with Gasteiger partial charge in [0.05, 0.1) is 21.6 Å². The van der Waals surface area contributed by atoms with Crippen LogP contribution in [0.4, 0.5) is 5.69 Å². The average molecular weight is 391 g/mol. The Balaban J connectivity index is 1.96. The molecule has 142 valence electrons. The maximum atomic E-state index is 12.2. The van der Waals surface area contributed by atoms with Crippen molar-refractivity contribution >= 4 is 29.2 Å². The number of esters is 1. The maximum absolute atomic E-state index is 12.2. The summed E-state index contributed by atoms with van der Waals surface area (Å²) in [6, 6.07) is 12.7. The molecule has 0 aliphatic rings. The lowest BCUT2D eigenvalue weighted by Gasteiger charge is -2.18. The third-order valence-corrected chi connectivity index (χ3v) is 4.14. The van der Waals surface area contributed by atoms with Crippen LogP contribution in [0.1, 0.15) is 41.7 Å². The quantitative estimate of drug-likeness (QED) is 0.416. The molecule has 8 heteroatoms. The fraction of sp³-hybridized carbons (Fsp3) is 0.263. The minimum Gasteiger partial charge on any atom is -0.452 e. The molecule has 1 N–H and O–H groups in total. The van der Waals surface area contributed by atoms with E-state index in [1.54, 1.807) is 0 Å². The molecule has 0 saturated carbocycles. The van der Waals surface area contributed by atoms with Gasteiger partial charge in [0.1, 0.15) is 0 Å². The number of amides is 1. The summed E-state index contributed by atoms with van der Waals surface area (Å²) in [6.07, 6.45) is 1.62. The molecule has 7 nitrogen and oxygen atoms in total. The Morgan fingerprint density at radius 2 is 1.93 bits per heavy atom. The number of nitro benzene ring substituents is 1. The number of nitrogens with one attached hydrogen (secondary N) is 1. The number of non-ortho nitro benzene ring substituents is 1. The first-order valence-electron chi connectivity index (χ1n) is 8.37. The average Bonchev–Trinajstić information content (AvgIpc) is 2.66. The van der Waals surface area contributed by atoms with Gasteiger partial charge < -0.3 is 10.1 Å². The first kappa shape index (κ1) is 20.4. The molecule has 0 aliphatic heterocycles. The summed E-state index contributed by atoms with van der Waals surface area (Å²) in [5.41, 5.74) is 0.695. The number of carbonyl (C=O) groups is 2. The Kier molecular flexibility index (Phi) is 7.31. The van der Waals surface area contributed by atoms with E-state index in [9.17, 15) is 19.7 Å². The van der Waals surface area contributed by atoms with Gasteiger partial charge in [0.15, 0.2) is 6.61 Å². The molecule has 1 unspecified atom stereocenters. The van der Waals surface area contributed by atoms with Crippen molar-refractivity contribution in [3.05, 3.63) is 74.8 Å². The molecule has 2 aromatic carbocycles. The number of halogens is 1. The van der Waals surface area contributed by atoms with Gasteiger partial charge in [0.25, 0.3) is 11.6 Å². The summed E-state index contributed by atoms with van der Waals surface area (Å²) in [5, 5.41) is 13.4. The Morgan fingerprint density at radius 3 is 2.52 bits per heavy atom. The molecule has 2 rings (SSSR count). The molecule has 0 fully saturated rings. The van der Waals surface area contributed by atoms with Crippen LogP contribution in [0.5, 0.6) is 0 Å². The number of carbonyl (C=O) groups excluding carboxylic acids is 2. The van der Waals surface area contributed by atoms with E-state index in [0.29, 0.717) is 0 Å². The van der Waals surface area contributed by atoms with Gasteiger partial charge in [-0.15, -0.1) is 0 Å². The molecular formula is C19H19ClN2O5. The highest BCUT2D eigenvalue weighted by molar-refractivity contribution is 6.33. The van der Waals surface area contributed by atoms with Crippen molar-refractivity contribution in [2.24, 2.45) is 0 Å². The zero-order valence-corrected chi connectivity index (χ0v) is 15.4. The van der Waals surface area contributed by atoms with Crippen LogP contribution in [0.3, 0.4) is 0 Å². The van der Waals surface area contributed by atoms with E-state index in [4.69, 9.17) is 16.3 Å². The Morgan fingerprint density at radius 1 is 1.22 bits per heavy atom. The predicted molar refractivity (Wildman–Crippen MR) is 101 cm³/mol. The predicted octanol–water partition coefficient (Wildman–Crippen LogP) is 4.06. The van der Waals surface area contributed by atoms with Crippen molar-refractivity contribution in [2.45, 2.75) is 25.8 Å². The van der Waals surface area contributed by atoms with Crippen LogP contribution in [-0.2, 0) is 9.53 Å². The molecule has 1 atom stereocenters. The molecule has 0 heterocycles. The molecule has 0 aliphatic carbocycles. The van der Waals surface area contributed by atoms with Crippen molar-refractivity contribution in [3.63, 3.8) is 0 Å². The minimum absolute atomic E-state index is 0.0387. The third-order valence-electron chi connectivity index (χ3n) is 3.83.